The molecule has 1 N–H and O–H groups in total. The maximum Gasteiger partial charge on any atom is 0.296 e. The highest BCUT2D eigenvalue weighted by atomic mass is 32.1. The number of hydrogen-bond donors (Lipinski definition) is 1. The lowest BCUT2D eigenvalue weighted by Crippen LogP contribution is -2.31. The quantitative estimate of drug-likeness (QED) is 0.329. The van der Waals surface area contributed by atoms with Gasteiger partial charge in [0.15, 0.2) is 28.1 Å². The molecule has 2 aromatic heterocycles. The zero-order valence-electron chi connectivity index (χ0n) is 20.2. The predicted octanol–water partition coefficient (Wildman–Crippen LogP) is 5.56. The first kappa shape index (κ1) is 23.6. The topological polar surface area (TPSA) is 102 Å². The van der Waals surface area contributed by atoms with Crippen molar-refractivity contribution in [2.45, 2.75) is 26.3 Å². The van der Waals surface area contributed by atoms with E-state index in [4.69, 9.17) is 13.9 Å². The van der Waals surface area contributed by atoms with Crippen molar-refractivity contribution in [1.82, 2.24) is 4.98 Å². The summed E-state index contributed by atoms with van der Waals surface area (Å²) in [5.74, 6) is -0.436. The first-order chi connectivity index (χ1) is 17.4. The van der Waals surface area contributed by atoms with Gasteiger partial charge in [0.2, 0.25) is 5.78 Å². The summed E-state index contributed by atoms with van der Waals surface area (Å²) < 4.78 is 17.3. The number of carbonyl (C=O) groups is 2. The molecule has 1 atom stereocenters. The molecule has 0 bridgehead atoms. The molecule has 184 valence electrons. The fourth-order valence-corrected chi connectivity index (χ4v) is 5.40. The maximum atomic E-state index is 13.5. The van der Waals surface area contributed by atoms with Gasteiger partial charge < -0.3 is 19.0 Å². The number of aromatic nitrogens is 1. The Morgan fingerprint density at radius 2 is 1.89 bits per heavy atom. The van der Waals surface area contributed by atoms with Gasteiger partial charge in [-0.25, -0.2) is 4.98 Å². The largest absolute Gasteiger partial charge is 0.503 e. The Morgan fingerprint density at radius 1 is 1.11 bits per heavy atom. The second-order valence-corrected chi connectivity index (χ2v) is 9.35. The lowest BCUT2D eigenvalue weighted by molar-refractivity contribution is -0.117. The normalized spacial score (nSPS) is 15.7. The SMILES string of the molecule is CCc1ccc2nc(N3C(=O)C(O)=C(C(=O)c4ccc(C)o4)[C@@H]3c3ccc(OC)c(OC)c3)sc2c1. The number of nitrogens with zero attached hydrogens (tertiary/aromatic N) is 2. The molecule has 0 spiro atoms. The van der Waals surface area contributed by atoms with E-state index in [1.54, 1.807) is 31.2 Å². The minimum Gasteiger partial charge on any atom is -0.503 e. The number of hydrogen-bond acceptors (Lipinski definition) is 8. The number of thiazole rings is 1. The van der Waals surface area contributed by atoms with Crippen molar-refractivity contribution in [3.8, 4) is 11.5 Å². The number of ether oxygens (including phenoxy) is 2. The second kappa shape index (κ2) is 9.16. The Hall–Kier alpha value is -4.11. The second-order valence-electron chi connectivity index (χ2n) is 8.35. The van der Waals surface area contributed by atoms with Crippen LogP contribution in [0, 0.1) is 6.92 Å². The number of benzene rings is 2. The Morgan fingerprint density at radius 3 is 2.56 bits per heavy atom. The third kappa shape index (κ3) is 3.81. The summed E-state index contributed by atoms with van der Waals surface area (Å²) in [6.45, 7) is 3.78. The van der Waals surface area contributed by atoms with Crippen LogP contribution in [0.3, 0.4) is 0 Å². The first-order valence-corrected chi connectivity index (χ1v) is 12.2. The van der Waals surface area contributed by atoms with Crippen molar-refractivity contribution in [3.05, 3.63) is 82.5 Å². The van der Waals surface area contributed by atoms with Crippen LogP contribution in [-0.2, 0) is 11.2 Å². The lowest BCUT2D eigenvalue weighted by Gasteiger charge is -2.25. The van der Waals surface area contributed by atoms with Crippen molar-refractivity contribution in [2.24, 2.45) is 0 Å². The van der Waals surface area contributed by atoms with Crippen molar-refractivity contribution in [1.29, 1.82) is 0 Å². The third-order valence-electron chi connectivity index (χ3n) is 6.20. The molecule has 0 saturated heterocycles. The van der Waals surface area contributed by atoms with Gasteiger partial charge in [-0.15, -0.1) is 0 Å². The molecule has 1 aliphatic heterocycles. The monoisotopic (exact) mass is 504 g/mol. The van der Waals surface area contributed by atoms with Gasteiger partial charge in [-0.1, -0.05) is 30.4 Å². The number of methoxy groups -OCH3 is 2. The Bertz CT molecular complexity index is 1530. The molecule has 3 heterocycles. The van der Waals surface area contributed by atoms with Crippen LogP contribution in [-0.4, -0.2) is 36.0 Å². The van der Waals surface area contributed by atoms with Gasteiger partial charge in [0.05, 0.1) is 36.1 Å². The summed E-state index contributed by atoms with van der Waals surface area (Å²) in [4.78, 5) is 33.0. The van der Waals surface area contributed by atoms with Crippen LogP contribution in [0.15, 0.2) is 64.3 Å². The molecular weight excluding hydrogens is 480 g/mol. The van der Waals surface area contributed by atoms with Crippen molar-refractivity contribution in [3.63, 3.8) is 0 Å². The molecule has 1 aliphatic rings. The molecule has 0 aliphatic carbocycles. The van der Waals surface area contributed by atoms with E-state index in [1.165, 1.54) is 36.5 Å². The van der Waals surface area contributed by atoms with Crippen molar-refractivity contribution < 1.29 is 28.6 Å². The molecule has 4 aromatic rings. The number of anilines is 1. The number of fused-ring (bicyclic) bond motifs is 1. The van der Waals surface area contributed by atoms with E-state index >= 15 is 0 Å². The van der Waals surface area contributed by atoms with Gasteiger partial charge in [-0.05, 0) is 60.9 Å². The van der Waals surface area contributed by atoms with Crippen LogP contribution in [0.1, 0.15) is 40.4 Å². The highest BCUT2D eigenvalue weighted by molar-refractivity contribution is 7.22. The van der Waals surface area contributed by atoms with Crippen LogP contribution < -0.4 is 14.4 Å². The number of aryl methyl sites for hydroxylation is 2. The number of amides is 1. The van der Waals surface area contributed by atoms with Crippen molar-refractivity contribution in [2.75, 3.05) is 19.1 Å². The first-order valence-electron chi connectivity index (χ1n) is 11.4. The number of Topliss-reactive ketones (excluding diaryl/α,β-unsaturated/α-hetero) is 1. The summed E-state index contributed by atoms with van der Waals surface area (Å²) in [6, 6.07) is 13.3. The van der Waals surface area contributed by atoms with E-state index in [-0.39, 0.29) is 11.3 Å². The summed E-state index contributed by atoms with van der Waals surface area (Å²) in [7, 11) is 3.03. The van der Waals surface area contributed by atoms with Crippen LogP contribution in [0.2, 0.25) is 0 Å². The fraction of sp³-hybridized carbons (Fsp3) is 0.222. The zero-order valence-corrected chi connectivity index (χ0v) is 21.0. The van der Waals surface area contributed by atoms with Crippen LogP contribution in [0.25, 0.3) is 10.2 Å². The highest BCUT2D eigenvalue weighted by Crippen LogP contribution is 2.45. The molecule has 0 radical (unpaired) electrons. The number of ketones is 1. The van der Waals surface area contributed by atoms with Crippen LogP contribution >= 0.6 is 11.3 Å². The molecule has 5 rings (SSSR count). The Balaban J connectivity index is 1.69. The highest BCUT2D eigenvalue weighted by Gasteiger charge is 2.46. The number of aliphatic hydroxyl groups is 1. The van der Waals surface area contributed by atoms with E-state index in [0.717, 1.165) is 22.2 Å². The lowest BCUT2D eigenvalue weighted by atomic mass is 9.95. The molecule has 9 heteroatoms. The van der Waals surface area contributed by atoms with Gasteiger partial charge in [0.1, 0.15) is 5.76 Å². The van der Waals surface area contributed by atoms with E-state index in [1.807, 2.05) is 18.2 Å². The average molecular weight is 505 g/mol. The van der Waals surface area contributed by atoms with Gasteiger partial charge >= 0.3 is 0 Å². The van der Waals surface area contributed by atoms with Gasteiger partial charge in [-0.3, -0.25) is 14.5 Å². The molecule has 0 fully saturated rings. The summed E-state index contributed by atoms with van der Waals surface area (Å²) in [5.41, 5.74) is 2.33. The summed E-state index contributed by atoms with van der Waals surface area (Å²) >= 11 is 1.33. The average Bonchev–Trinajstić information content (AvgIpc) is 3.58. The molecule has 1 amide bonds. The molecule has 0 unspecified atom stereocenters. The number of aliphatic hydroxyl groups excluding tert-OH is 1. The van der Waals surface area contributed by atoms with E-state index in [9.17, 15) is 14.7 Å². The van der Waals surface area contributed by atoms with Gasteiger partial charge in [0.25, 0.3) is 5.91 Å². The minimum atomic E-state index is -0.957. The van der Waals surface area contributed by atoms with Gasteiger partial charge in [-0.2, -0.15) is 0 Å². The Labute approximate surface area is 211 Å². The summed E-state index contributed by atoms with van der Waals surface area (Å²) in [5, 5.41) is 11.4. The molecule has 0 saturated carbocycles. The molecule has 8 nitrogen and oxygen atoms in total. The van der Waals surface area contributed by atoms with E-state index in [0.29, 0.717) is 28.0 Å². The standard InChI is InChI=1S/C27H24N2O6S/c1-5-15-7-9-17-21(12-15)36-27(28-17)29-23(16-8-11-18(33-3)20(13-16)34-4)22(25(31)26(29)32)24(30)19-10-6-14(2)35-19/h6-13,23,31H,5H2,1-4H3/t23-/m0/s1. The maximum absolute atomic E-state index is 13.5. The summed E-state index contributed by atoms with van der Waals surface area (Å²) in [6.07, 6.45) is 0.865. The van der Waals surface area contributed by atoms with Crippen LogP contribution in [0.4, 0.5) is 5.13 Å². The van der Waals surface area contributed by atoms with E-state index < -0.39 is 23.5 Å². The van der Waals surface area contributed by atoms with Crippen LogP contribution in [0.5, 0.6) is 11.5 Å². The number of carbonyl (C=O) groups excluding carboxylic acids is 2. The molecule has 2 aromatic carbocycles. The molecule has 36 heavy (non-hydrogen) atoms. The number of rotatable bonds is 7. The number of furan rings is 1. The third-order valence-corrected chi connectivity index (χ3v) is 7.21. The van der Waals surface area contributed by atoms with Gasteiger partial charge in [0, 0.05) is 0 Å². The van der Waals surface area contributed by atoms with Crippen molar-refractivity contribution >= 4 is 38.4 Å². The minimum absolute atomic E-state index is 0.0334. The fourth-order valence-electron chi connectivity index (χ4n) is 4.34. The molecular formula is C27H24N2O6S. The Kier molecular flexibility index (Phi) is 6.01. The predicted molar refractivity (Wildman–Crippen MR) is 136 cm³/mol. The zero-order chi connectivity index (χ0) is 25.6. The smallest absolute Gasteiger partial charge is 0.296 e. The van der Waals surface area contributed by atoms with E-state index in [2.05, 4.69) is 11.9 Å².